The predicted octanol–water partition coefficient (Wildman–Crippen LogP) is 2.93. The van der Waals surface area contributed by atoms with Crippen molar-refractivity contribution in [2.45, 2.75) is 25.0 Å². The van der Waals surface area contributed by atoms with Crippen molar-refractivity contribution >= 4 is 15.9 Å². The van der Waals surface area contributed by atoms with Crippen LogP contribution >= 0.6 is 15.9 Å². The summed E-state index contributed by atoms with van der Waals surface area (Å²) in [6, 6.07) is 6.40. The monoisotopic (exact) mass is 270 g/mol. The van der Waals surface area contributed by atoms with Crippen LogP contribution in [0, 0.1) is 0 Å². The predicted molar refractivity (Wildman–Crippen MR) is 62.9 cm³/mol. The van der Waals surface area contributed by atoms with E-state index in [-0.39, 0.29) is 0 Å². The van der Waals surface area contributed by atoms with Crippen LogP contribution in [0.3, 0.4) is 0 Å². The minimum atomic E-state index is -0.416. The Labute approximate surface area is 98.7 Å². The van der Waals surface area contributed by atoms with E-state index in [1.54, 1.807) is 14.2 Å². The van der Waals surface area contributed by atoms with E-state index < -0.39 is 5.79 Å². The second-order valence-corrected chi connectivity index (χ2v) is 4.82. The molecule has 0 fully saturated rings. The Balaban J connectivity index is 2.30. The van der Waals surface area contributed by atoms with Crippen LogP contribution in [0.2, 0.25) is 0 Å². The fraction of sp³-hybridized carbons (Fsp3) is 0.500. The average molecular weight is 271 g/mol. The van der Waals surface area contributed by atoms with Gasteiger partial charge in [0.05, 0.1) is 0 Å². The number of hydrogen-bond donors (Lipinski definition) is 0. The van der Waals surface area contributed by atoms with Gasteiger partial charge < -0.3 is 9.47 Å². The van der Waals surface area contributed by atoms with Crippen molar-refractivity contribution in [3.05, 3.63) is 33.8 Å². The van der Waals surface area contributed by atoms with E-state index in [4.69, 9.17) is 9.47 Å². The van der Waals surface area contributed by atoms with E-state index in [9.17, 15) is 0 Å². The molecule has 15 heavy (non-hydrogen) atoms. The minimum absolute atomic E-state index is 0.416. The molecule has 0 atom stereocenters. The second-order valence-electron chi connectivity index (χ2n) is 3.91. The highest BCUT2D eigenvalue weighted by atomic mass is 79.9. The summed E-state index contributed by atoms with van der Waals surface area (Å²) in [7, 11) is 3.43. The number of ether oxygens (including phenoxy) is 2. The van der Waals surface area contributed by atoms with E-state index in [0.29, 0.717) is 0 Å². The highest BCUT2D eigenvalue weighted by Gasteiger charge is 2.34. The lowest BCUT2D eigenvalue weighted by atomic mass is 9.87. The van der Waals surface area contributed by atoms with Gasteiger partial charge in [-0.05, 0) is 29.7 Å². The van der Waals surface area contributed by atoms with Crippen molar-refractivity contribution in [2.24, 2.45) is 0 Å². The summed E-state index contributed by atoms with van der Waals surface area (Å²) >= 11 is 3.49. The van der Waals surface area contributed by atoms with Gasteiger partial charge in [-0.1, -0.05) is 22.0 Å². The third-order valence-electron chi connectivity index (χ3n) is 3.15. The highest BCUT2D eigenvalue weighted by molar-refractivity contribution is 9.10. The van der Waals surface area contributed by atoms with Crippen molar-refractivity contribution in [1.82, 2.24) is 0 Å². The maximum absolute atomic E-state index is 5.48. The lowest BCUT2D eigenvalue weighted by Crippen LogP contribution is -2.39. The zero-order valence-corrected chi connectivity index (χ0v) is 10.6. The number of halogens is 1. The molecule has 0 radical (unpaired) electrons. The van der Waals surface area contributed by atoms with Crippen molar-refractivity contribution in [3.8, 4) is 0 Å². The molecule has 2 rings (SSSR count). The van der Waals surface area contributed by atoms with Crippen LogP contribution < -0.4 is 0 Å². The Morgan fingerprint density at radius 3 is 2.60 bits per heavy atom. The average Bonchev–Trinajstić information content (AvgIpc) is 2.28. The zero-order valence-electron chi connectivity index (χ0n) is 9.05. The van der Waals surface area contributed by atoms with Crippen molar-refractivity contribution < 1.29 is 9.47 Å². The topological polar surface area (TPSA) is 18.5 Å². The first-order chi connectivity index (χ1) is 7.19. The van der Waals surface area contributed by atoms with Gasteiger partial charge in [0, 0.05) is 31.5 Å². The van der Waals surface area contributed by atoms with E-state index in [0.717, 1.165) is 23.7 Å². The molecule has 82 valence electrons. The number of aryl methyl sites for hydroxylation is 1. The van der Waals surface area contributed by atoms with Crippen LogP contribution in [0.25, 0.3) is 0 Å². The van der Waals surface area contributed by atoms with Gasteiger partial charge in [-0.25, -0.2) is 0 Å². The molecule has 3 heteroatoms. The summed E-state index contributed by atoms with van der Waals surface area (Å²) in [5, 5.41) is 0. The number of hydrogen-bond acceptors (Lipinski definition) is 2. The molecule has 0 unspecified atom stereocenters. The van der Waals surface area contributed by atoms with Crippen LogP contribution in [0.5, 0.6) is 0 Å². The molecule has 1 aromatic rings. The van der Waals surface area contributed by atoms with Gasteiger partial charge in [0.25, 0.3) is 0 Å². The molecule has 1 aliphatic rings. The van der Waals surface area contributed by atoms with Crippen LogP contribution in [0.15, 0.2) is 22.7 Å². The van der Waals surface area contributed by atoms with Crippen molar-refractivity contribution in [2.75, 3.05) is 14.2 Å². The maximum atomic E-state index is 5.48. The normalized spacial score (nSPS) is 18.6. The molecule has 0 saturated heterocycles. The summed E-state index contributed by atoms with van der Waals surface area (Å²) < 4.78 is 12.1. The van der Waals surface area contributed by atoms with Crippen LogP contribution in [0.1, 0.15) is 17.5 Å². The molecule has 0 amide bonds. The number of fused-ring (bicyclic) bond motifs is 1. The van der Waals surface area contributed by atoms with Crippen molar-refractivity contribution in [1.29, 1.82) is 0 Å². The SMILES string of the molecule is COC1(OC)CCc2cc(Br)ccc2C1. The van der Waals surface area contributed by atoms with Crippen LogP contribution in [-0.2, 0) is 22.3 Å². The molecule has 0 N–H and O–H groups in total. The number of benzene rings is 1. The van der Waals surface area contributed by atoms with Crippen LogP contribution in [-0.4, -0.2) is 20.0 Å². The molecule has 0 spiro atoms. The molecular weight excluding hydrogens is 256 g/mol. The van der Waals surface area contributed by atoms with E-state index >= 15 is 0 Å². The molecular formula is C12H15BrO2. The Kier molecular flexibility index (Phi) is 3.14. The molecule has 1 aromatic carbocycles. The fourth-order valence-corrected chi connectivity index (χ4v) is 2.54. The van der Waals surface area contributed by atoms with Crippen LogP contribution in [0.4, 0.5) is 0 Å². The summed E-state index contributed by atoms with van der Waals surface area (Å²) in [6.45, 7) is 0. The first kappa shape index (κ1) is 11.1. The van der Waals surface area contributed by atoms with Gasteiger partial charge in [0.1, 0.15) is 0 Å². The Morgan fingerprint density at radius 1 is 1.20 bits per heavy atom. The lowest BCUT2D eigenvalue weighted by Gasteiger charge is -2.35. The van der Waals surface area contributed by atoms with Gasteiger partial charge in [0.15, 0.2) is 5.79 Å². The first-order valence-electron chi connectivity index (χ1n) is 5.07. The van der Waals surface area contributed by atoms with Gasteiger partial charge in [0.2, 0.25) is 0 Å². The maximum Gasteiger partial charge on any atom is 0.171 e. The Bertz CT molecular complexity index is 359. The fourth-order valence-electron chi connectivity index (χ4n) is 2.14. The molecule has 2 nitrogen and oxygen atoms in total. The molecule has 0 saturated carbocycles. The molecule has 0 aliphatic heterocycles. The second kappa shape index (κ2) is 4.24. The Morgan fingerprint density at radius 2 is 1.93 bits per heavy atom. The standard InChI is InChI=1S/C12H15BrO2/c1-14-12(15-2)6-5-9-7-11(13)4-3-10(9)8-12/h3-4,7H,5-6,8H2,1-2H3. The third-order valence-corrected chi connectivity index (χ3v) is 3.64. The largest absolute Gasteiger partial charge is 0.353 e. The smallest absolute Gasteiger partial charge is 0.171 e. The molecule has 0 aromatic heterocycles. The van der Waals surface area contributed by atoms with Gasteiger partial charge in [-0.3, -0.25) is 0 Å². The third kappa shape index (κ3) is 2.10. The van der Waals surface area contributed by atoms with E-state index in [1.165, 1.54) is 11.1 Å². The molecule has 0 heterocycles. The van der Waals surface area contributed by atoms with E-state index in [2.05, 4.69) is 34.1 Å². The van der Waals surface area contributed by atoms with Crippen molar-refractivity contribution in [3.63, 3.8) is 0 Å². The number of methoxy groups -OCH3 is 2. The minimum Gasteiger partial charge on any atom is -0.353 e. The van der Waals surface area contributed by atoms with Gasteiger partial charge >= 0.3 is 0 Å². The molecule has 1 aliphatic carbocycles. The summed E-state index contributed by atoms with van der Waals surface area (Å²) in [5.41, 5.74) is 2.72. The highest BCUT2D eigenvalue weighted by Crippen LogP contribution is 2.32. The number of rotatable bonds is 2. The zero-order chi connectivity index (χ0) is 10.9. The van der Waals surface area contributed by atoms with Gasteiger partial charge in [-0.2, -0.15) is 0 Å². The summed E-state index contributed by atoms with van der Waals surface area (Å²) in [4.78, 5) is 0. The lowest BCUT2D eigenvalue weighted by molar-refractivity contribution is -0.212. The summed E-state index contributed by atoms with van der Waals surface area (Å²) in [5.74, 6) is -0.416. The quantitative estimate of drug-likeness (QED) is 0.770. The Hall–Kier alpha value is -0.380. The van der Waals surface area contributed by atoms with E-state index in [1.807, 2.05) is 0 Å². The summed E-state index contributed by atoms with van der Waals surface area (Å²) in [6.07, 6.45) is 2.77. The molecule has 0 bridgehead atoms. The first-order valence-corrected chi connectivity index (χ1v) is 5.86. The van der Waals surface area contributed by atoms with Gasteiger partial charge in [-0.15, -0.1) is 0 Å².